The molecule has 27 heavy (non-hydrogen) atoms. The van der Waals surface area contributed by atoms with Crippen molar-refractivity contribution in [2.45, 2.75) is 38.4 Å². The van der Waals surface area contributed by atoms with E-state index >= 15 is 0 Å². The molecule has 2 heterocycles. The van der Waals surface area contributed by atoms with Gasteiger partial charge in [0, 0.05) is 38.4 Å². The summed E-state index contributed by atoms with van der Waals surface area (Å²) in [5.74, 6) is 0.865. The fraction of sp³-hybridized carbons (Fsp3) is 0.667. The zero-order valence-electron chi connectivity index (χ0n) is 15.9. The average molecular weight is 387 g/mol. The second-order valence-corrected chi connectivity index (χ2v) is 6.49. The van der Waals surface area contributed by atoms with Crippen LogP contribution in [0.3, 0.4) is 0 Å². The predicted octanol–water partition coefficient (Wildman–Crippen LogP) is 2.52. The second-order valence-electron chi connectivity index (χ2n) is 6.49. The van der Waals surface area contributed by atoms with Gasteiger partial charge in [-0.1, -0.05) is 6.92 Å². The van der Waals surface area contributed by atoms with Gasteiger partial charge in [0.2, 0.25) is 5.88 Å². The lowest BCUT2D eigenvalue weighted by Gasteiger charge is -2.32. The minimum absolute atomic E-state index is 0.163. The molecule has 9 heteroatoms. The van der Waals surface area contributed by atoms with Crippen molar-refractivity contribution in [2.24, 2.45) is 4.99 Å². The first kappa shape index (κ1) is 21.3. The van der Waals surface area contributed by atoms with Crippen LogP contribution in [0.2, 0.25) is 0 Å². The standard InChI is InChI=1S/C18H28F3N5O/c1-3-9-26-10-6-15(7-11-26)25-17(22-2)23-8-12-27-16-5-4-14(13-24-16)18(19,20)21/h4-5,13,15H,3,6-12H2,1-2H3,(H2,22,23,25). The van der Waals surface area contributed by atoms with Crippen molar-refractivity contribution in [1.82, 2.24) is 20.5 Å². The fourth-order valence-corrected chi connectivity index (χ4v) is 2.96. The molecule has 1 aromatic rings. The number of likely N-dealkylation sites (tertiary alicyclic amines) is 1. The number of aliphatic imine (C=N–C) groups is 1. The summed E-state index contributed by atoms with van der Waals surface area (Å²) < 4.78 is 42.8. The molecule has 1 aliphatic heterocycles. The largest absolute Gasteiger partial charge is 0.476 e. The Labute approximate surface area is 158 Å². The fourth-order valence-electron chi connectivity index (χ4n) is 2.96. The molecular formula is C18H28F3N5O. The Balaban J connectivity index is 1.66. The predicted molar refractivity (Wildman–Crippen MR) is 99.0 cm³/mol. The number of hydrogen-bond acceptors (Lipinski definition) is 4. The van der Waals surface area contributed by atoms with Crippen molar-refractivity contribution in [3.63, 3.8) is 0 Å². The van der Waals surface area contributed by atoms with Gasteiger partial charge in [-0.3, -0.25) is 4.99 Å². The minimum Gasteiger partial charge on any atom is -0.476 e. The van der Waals surface area contributed by atoms with Gasteiger partial charge in [0.25, 0.3) is 0 Å². The van der Waals surface area contributed by atoms with E-state index in [0.29, 0.717) is 18.5 Å². The van der Waals surface area contributed by atoms with Crippen LogP contribution in [0.4, 0.5) is 13.2 Å². The molecule has 6 nitrogen and oxygen atoms in total. The minimum atomic E-state index is -4.39. The van der Waals surface area contributed by atoms with E-state index in [9.17, 15) is 13.2 Å². The molecule has 1 fully saturated rings. The maximum atomic E-state index is 12.5. The SMILES string of the molecule is CCCN1CCC(NC(=NC)NCCOc2ccc(C(F)(F)F)cn2)CC1. The van der Waals surface area contributed by atoms with E-state index < -0.39 is 11.7 Å². The number of rotatable bonds is 7. The lowest BCUT2D eigenvalue weighted by atomic mass is 10.1. The lowest BCUT2D eigenvalue weighted by molar-refractivity contribution is -0.137. The second kappa shape index (κ2) is 10.3. The van der Waals surface area contributed by atoms with E-state index in [-0.39, 0.29) is 12.5 Å². The highest BCUT2D eigenvalue weighted by molar-refractivity contribution is 5.79. The van der Waals surface area contributed by atoms with Gasteiger partial charge >= 0.3 is 6.18 Å². The van der Waals surface area contributed by atoms with Crippen LogP contribution in [0.25, 0.3) is 0 Å². The highest BCUT2D eigenvalue weighted by Crippen LogP contribution is 2.29. The van der Waals surface area contributed by atoms with Crippen molar-refractivity contribution < 1.29 is 17.9 Å². The third-order valence-electron chi connectivity index (χ3n) is 4.40. The van der Waals surface area contributed by atoms with Gasteiger partial charge in [0.05, 0.1) is 12.1 Å². The van der Waals surface area contributed by atoms with Crippen LogP contribution < -0.4 is 15.4 Å². The number of piperidine rings is 1. The third-order valence-corrected chi connectivity index (χ3v) is 4.40. The number of pyridine rings is 1. The number of nitrogens with one attached hydrogen (secondary N) is 2. The van der Waals surface area contributed by atoms with E-state index in [1.165, 1.54) is 12.5 Å². The van der Waals surface area contributed by atoms with Gasteiger partial charge in [-0.05, 0) is 31.9 Å². The third kappa shape index (κ3) is 7.24. The van der Waals surface area contributed by atoms with E-state index in [4.69, 9.17) is 4.74 Å². The summed E-state index contributed by atoms with van der Waals surface area (Å²) in [5.41, 5.74) is -0.789. The van der Waals surface area contributed by atoms with Crippen molar-refractivity contribution in [3.8, 4) is 5.88 Å². The first-order valence-electron chi connectivity index (χ1n) is 9.28. The number of alkyl halides is 3. The Morgan fingerprint density at radius 3 is 2.63 bits per heavy atom. The van der Waals surface area contributed by atoms with Crippen LogP contribution in [-0.4, -0.2) is 61.7 Å². The molecule has 0 amide bonds. The van der Waals surface area contributed by atoms with Gasteiger partial charge in [-0.2, -0.15) is 13.2 Å². The summed E-state index contributed by atoms with van der Waals surface area (Å²) in [7, 11) is 1.71. The molecule has 0 saturated carbocycles. The Morgan fingerprint density at radius 1 is 1.33 bits per heavy atom. The molecule has 0 spiro atoms. The van der Waals surface area contributed by atoms with Crippen molar-refractivity contribution in [2.75, 3.05) is 39.8 Å². The summed E-state index contributed by atoms with van der Waals surface area (Å²) in [6.07, 6.45) is -0.291. The van der Waals surface area contributed by atoms with Crippen LogP contribution in [-0.2, 0) is 6.18 Å². The molecular weight excluding hydrogens is 359 g/mol. The molecule has 0 bridgehead atoms. The topological polar surface area (TPSA) is 61.8 Å². The van der Waals surface area contributed by atoms with Gasteiger partial charge in [0.1, 0.15) is 6.61 Å². The van der Waals surface area contributed by atoms with E-state index in [1.807, 2.05) is 0 Å². The molecule has 1 aliphatic rings. The number of guanidine groups is 1. The van der Waals surface area contributed by atoms with E-state index in [2.05, 4.69) is 32.4 Å². The van der Waals surface area contributed by atoms with E-state index in [1.54, 1.807) is 7.05 Å². The molecule has 152 valence electrons. The first-order chi connectivity index (χ1) is 12.9. The van der Waals surface area contributed by atoms with Crippen LogP contribution in [0.5, 0.6) is 5.88 Å². The Morgan fingerprint density at radius 2 is 2.07 bits per heavy atom. The molecule has 2 rings (SSSR count). The highest BCUT2D eigenvalue weighted by atomic mass is 19.4. The monoisotopic (exact) mass is 387 g/mol. The van der Waals surface area contributed by atoms with Crippen molar-refractivity contribution >= 4 is 5.96 Å². The molecule has 0 aliphatic carbocycles. The summed E-state index contributed by atoms with van der Waals surface area (Å²) in [6.45, 7) is 6.26. The molecule has 0 atom stereocenters. The number of hydrogen-bond donors (Lipinski definition) is 2. The molecule has 0 radical (unpaired) electrons. The lowest BCUT2D eigenvalue weighted by Crippen LogP contribution is -2.49. The van der Waals surface area contributed by atoms with Crippen molar-refractivity contribution in [3.05, 3.63) is 23.9 Å². The highest BCUT2D eigenvalue weighted by Gasteiger charge is 2.30. The Hall–Kier alpha value is -2.03. The number of nitrogens with zero attached hydrogens (tertiary/aromatic N) is 3. The van der Waals surface area contributed by atoms with E-state index in [0.717, 1.165) is 44.7 Å². The van der Waals surface area contributed by atoms with Crippen LogP contribution in [0, 0.1) is 0 Å². The number of halogens is 3. The quantitative estimate of drug-likeness (QED) is 0.428. The van der Waals surface area contributed by atoms with Gasteiger partial charge in [-0.25, -0.2) is 4.98 Å². The molecule has 0 unspecified atom stereocenters. The van der Waals surface area contributed by atoms with Crippen LogP contribution >= 0.6 is 0 Å². The maximum Gasteiger partial charge on any atom is 0.417 e. The zero-order valence-corrected chi connectivity index (χ0v) is 15.9. The summed E-state index contributed by atoms with van der Waals surface area (Å²) >= 11 is 0. The number of aromatic nitrogens is 1. The molecule has 0 aromatic carbocycles. The molecule has 1 saturated heterocycles. The normalized spacial score (nSPS) is 17.0. The van der Waals surface area contributed by atoms with Crippen molar-refractivity contribution in [1.29, 1.82) is 0 Å². The van der Waals surface area contributed by atoms with Crippen LogP contribution in [0.1, 0.15) is 31.7 Å². The average Bonchev–Trinajstić information content (AvgIpc) is 2.65. The summed E-state index contributed by atoms with van der Waals surface area (Å²) in [5, 5.41) is 6.56. The van der Waals surface area contributed by atoms with Gasteiger partial charge in [-0.15, -0.1) is 0 Å². The van der Waals surface area contributed by atoms with Gasteiger partial charge in [0.15, 0.2) is 5.96 Å². The van der Waals surface area contributed by atoms with Gasteiger partial charge < -0.3 is 20.3 Å². The summed E-state index contributed by atoms with van der Waals surface area (Å²) in [6, 6.07) is 2.57. The zero-order chi connectivity index (χ0) is 19.7. The molecule has 1 aromatic heterocycles. The Bertz CT molecular complexity index is 584. The maximum absolute atomic E-state index is 12.5. The van der Waals surface area contributed by atoms with Crippen LogP contribution in [0.15, 0.2) is 23.3 Å². The molecule has 2 N–H and O–H groups in total. The smallest absolute Gasteiger partial charge is 0.417 e. The Kier molecular flexibility index (Phi) is 8.15. The number of ether oxygens (including phenoxy) is 1. The first-order valence-corrected chi connectivity index (χ1v) is 9.28. The summed E-state index contributed by atoms with van der Waals surface area (Å²) in [4.78, 5) is 10.4.